The Morgan fingerprint density at radius 3 is 2.08 bits per heavy atom. The summed E-state index contributed by atoms with van der Waals surface area (Å²) in [5.74, 6) is 0. The fourth-order valence-corrected chi connectivity index (χ4v) is 7.65. The number of hydrogen-bond donors (Lipinski definition) is 0. The smallest absolute Gasteiger partial charge is 0.125 e. The Bertz CT molecular complexity index is 139. The Balaban J connectivity index is 2.62. The van der Waals surface area contributed by atoms with Crippen molar-refractivity contribution in [2.24, 2.45) is 0 Å². The lowest BCUT2D eigenvalue weighted by Gasteiger charge is -2.39. The molecular weight excluding hydrogens is 162 g/mol. The Morgan fingerprint density at radius 2 is 1.75 bits per heavy atom. The van der Waals surface area contributed by atoms with Crippen LogP contribution in [0.2, 0.25) is 18.6 Å². The molecule has 0 aromatic rings. The highest BCUT2D eigenvalue weighted by Crippen LogP contribution is 2.33. The molecule has 1 aliphatic heterocycles. The first-order valence-corrected chi connectivity index (χ1v) is 8.23. The molecule has 12 heavy (non-hydrogen) atoms. The van der Waals surface area contributed by atoms with Crippen molar-refractivity contribution in [1.29, 1.82) is 0 Å². The lowest BCUT2D eigenvalue weighted by Crippen LogP contribution is -2.52. The van der Waals surface area contributed by atoms with Gasteiger partial charge in [0.2, 0.25) is 0 Å². The second-order valence-corrected chi connectivity index (χ2v) is 9.15. The molecule has 0 bridgehead atoms. The molecule has 1 aliphatic rings. The summed E-state index contributed by atoms with van der Waals surface area (Å²) in [7, 11) is -0.945. The predicted molar refractivity (Wildman–Crippen MR) is 58.0 cm³/mol. The van der Waals surface area contributed by atoms with E-state index in [-0.39, 0.29) is 0 Å². The SMILES string of the molecule is CCN(C(C)C)[Si]1(C)CCCC1. The largest absolute Gasteiger partial charge is 0.322 e. The first kappa shape index (κ1) is 10.3. The Kier molecular flexibility index (Phi) is 3.35. The summed E-state index contributed by atoms with van der Waals surface area (Å²) in [5, 5.41) is 0. The second kappa shape index (κ2) is 3.92. The van der Waals surface area contributed by atoms with E-state index in [0.717, 1.165) is 6.04 Å². The Hall–Kier alpha value is 0.177. The summed E-state index contributed by atoms with van der Waals surface area (Å²) in [5.41, 5.74) is 0. The van der Waals surface area contributed by atoms with Crippen molar-refractivity contribution in [3.8, 4) is 0 Å². The highest BCUT2D eigenvalue weighted by molar-refractivity contribution is 6.76. The highest BCUT2D eigenvalue weighted by Gasteiger charge is 2.37. The molecule has 1 heterocycles. The molecule has 0 N–H and O–H groups in total. The van der Waals surface area contributed by atoms with Gasteiger partial charge in [-0.2, -0.15) is 0 Å². The van der Waals surface area contributed by atoms with Crippen LogP contribution in [0.15, 0.2) is 0 Å². The minimum absolute atomic E-state index is 0.768. The lowest BCUT2D eigenvalue weighted by atomic mass is 10.4. The van der Waals surface area contributed by atoms with Crippen LogP contribution >= 0.6 is 0 Å². The van der Waals surface area contributed by atoms with E-state index in [4.69, 9.17) is 0 Å². The van der Waals surface area contributed by atoms with Crippen molar-refractivity contribution >= 4 is 8.24 Å². The first-order valence-electron chi connectivity index (χ1n) is 5.37. The molecule has 72 valence electrons. The standard InChI is InChI=1S/C10H23NSi/c1-5-11(10(2)3)12(4)8-6-7-9-12/h10H,5-9H2,1-4H3. The average Bonchev–Trinajstić information content (AvgIpc) is 2.37. The molecule has 0 radical (unpaired) electrons. The second-order valence-electron chi connectivity index (χ2n) is 4.58. The van der Waals surface area contributed by atoms with E-state index >= 15 is 0 Å². The van der Waals surface area contributed by atoms with E-state index < -0.39 is 8.24 Å². The van der Waals surface area contributed by atoms with Gasteiger partial charge in [-0.3, -0.25) is 0 Å². The summed E-state index contributed by atoms with van der Waals surface area (Å²) < 4.78 is 2.79. The van der Waals surface area contributed by atoms with Gasteiger partial charge < -0.3 is 4.57 Å². The van der Waals surface area contributed by atoms with Crippen LogP contribution in [0.25, 0.3) is 0 Å². The van der Waals surface area contributed by atoms with E-state index in [2.05, 4.69) is 31.9 Å². The maximum absolute atomic E-state index is 2.79. The summed E-state index contributed by atoms with van der Waals surface area (Å²) in [4.78, 5) is 0. The van der Waals surface area contributed by atoms with Crippen LogP contribution in [-0.4, -0.2) is 25.4 Å². The van der Waals surface area contributed by atoms with Crippen LogP contribution in [-0.2, 0) is 0 Å². The van der Waals surface area contributed by atoms with Gasteiger partial charge in [-0.25, -0.2) is 0 Å². The molecule has 2 heteroatoms. The van der Waals surface area contributed by atoms with Gasteiger partial charge in [0.05, 0.1) is 0 Å². The van der Waals surface area contributed by atoms with Crippen molar-refractivity contribution in [3.63, 3.8) is 0 Å². The van der Waals surface area contributed by atoms with Crippen LogP contribution in [0.5, 0.6) is 0 Å². The van der Waals surface area contributed by atoms with Crippen molar-refractivity contribution in [3.05, 3.63) is 0 Å². The molecule has 1 fully saturated rings. The number of nitrogens with zero attached hydrogens (tertiary/aromatic N) is 1. The minimum Gasteiger partial charge on any atom is -0.322 e. The topological polar surface area (TPSA) is 3.24 Å². The van der Waals surface area contributed by atoms with Crippen LogP contribution in [0, 0.1) is 0 Å². The van der Waals surface area contributed by atoms with Crippen LogP contribution < -0.4 is 0 Å². The molecule has 1 nitrogen and oxygen atoms in total. The van der Waals surface area contributed by atoms with Gasteiger partial charge in [-0.1, -0.05) is 40.2 Å². The summed E-state index contributed by atoms with van der Waals surface area (Å²) in [6, 6.07) is 3.85. The molecule has 0 aromatic carbocycles. The lowest BCUT2D eigenvalue weighted by molar-refractivity contribution is 0.367. The van der Waals surface area contributed by atoms with Crippen molar-refractivity contribution in [2.45, 2.75) is 58.3 Å². The van der Waals surface area contributed by atoms with Gasteiger partial charge in [0.25, 0.3) is 0 Å². The molecule has 0 unspecified atom stereocenters. The summed E-state index contributed by atoms with van der Waals surface area (Å²) >= 11 is 0. The molecule has 0 saturated carbocycles. The molecule has 0 atom stereocenters. The van der Waals surface area contributed by atoms with Gasteiger partial charge in [0.1, 0.15) is 8.24 Å². The van der Waals surface area contributed by atoms with E-state index in [1.807, 2.05) is 0 Å². The molecule has 0 aliphatic carbocycles. The molecular formula is C10H23NSi. The van der Waals surface area contributed by atoms with Crippen molar-refractivity contribution in [2.75, 3.05) is 6.54 Å². The molecule has 1 saturated heterocycles. The fourth-order valence-electron chi connectivity index (χ4n) is 2.79. The monoisotopic (exact) mass is 185 g/mol. The fraction of sp³-hybridized carbons (Fsp3) is 1.00. The van der Waals surface area contributed by atoms with Crippen LogP contribution in [0.1, 0.15) is 33.6 Å². The van der Waals surface area contributed by atoms with Gasteiger partial charge in [0.15, 0.2) is 0 Å². The molecule has 1 rings (SSSR count). The normalized spacial score (nSPS) is 22.5. The number of rotatable bonds is 3. The Labute approximate surface area is 78.2 Å². The van der Waals surface area contributed by atoms with E-state index in [9.17, 15) is 0 Å². The van der Waals surface area contributed by atoms with Gasteiger partial charge in [-0.05, 0) is 24.7 Å². The maximum Gasteiger partial charge on any atom is 0.125 e. The molecule has 0 amide bonds. The van der Waals surface area contributed by atoms with Gasteiger partial charge in [0, 0.05) is 0 Å². The summed E-state index contributed by atoms with van der Waals surface area (Å²) in [6.07, 6.45) is 2.98. The van der Waals surface area contributed by atoms with E-state index in [1.165, 1.54) is 19.4 Å². The predicted octanol–water partition coefficient (Wildman–Crippen LogP) is 3.09. The third-order valence-electron chi connectivity index (χ3n) is 3.34. The molecule has 0 aromatic heterocycles. The van der Waals surface area contributed by atoms with Gasteiger partial charge in [-0.15, -0.1) is 0 Å². The van der Waals surface area contributed by atoms with Crippen LogP contribution in [0.3, 0.4) is 0 Å². The van der Waals surface area contributed by atoms with Crippen LogP contribution in [0.4, 0.5) is 0 Å². The summed E-state index contributed by atoms with van der Waals surface area (Å²) in [6.45, 7) is 10.8. The zero-order valence-electron chi connectivity index (χ0n) is 9.06. The number of hydrogen-bond acceptors (Lipinski definition) is 1. The van der Waals surface area contributed by atoms with E-state index in [1.54, 1.807) is 12.1 Å². The first-order chi connectivity index (χ1) is 5.60. The quantitative estimate of drug-likeness (QED) is 0.611. The minimum atomic E-state index is -0.945. The van der Waals surface area contributed by atoms with Gasteiger partial charge >= 0.3 is 0 Å². The third kappa shape index (κ3) is 1.91. The highest BCUT2D eigenvalue weighted by atomic mass is 28.3. The Morgan fingerprint density at radius 1 is 1.25 bits per heavy atom. The van der Waals surface area contributed by atoms with E-state index in [0.29, 0.717) is 0 Å². The average molecular weight is 185 g/mol. The third-order valence-corrected chi connectivity index (χ3v) is 8.42. The zero-order chi connectivity index (χ0) is 9.19. The maximum atomic E-state index is 2.79. The zero-order valence-corrected chi connectivity index (χ0v) is 10.1. The van der Waals surface area contributed by atoms with Crippen molar-refractivity contribution < 1.29 is 0 Å². The molecule has 0 spiro atoms. The van der Waals surface area contributed by atoms with Crippen molar-refractivity contribution in [1.82, 2.24) is 4.57 Å².